The fourth-order valence-corrected chi connectivity index (χ4v) is 4.49. The number of ether oxygens (including phenoxy) is 1. The number of benzene rings is 1. The van der Waals surface area contributed by atoms with Crippen LogP contribution in [-0.4, -0.2) is 17.5 Å². The van der Waals surface area contributed by atoms with Gasteiger partial charge in [-0.25, -0.2) is 8.78 Å². The molecule has 1 aliphatic heterocycles. The van der Waals surface area contributed by atoms with Gasteiger partial charge in [0.1, 0.15) is 0 Å². The first kappa shape index (κ1) is 15.4. The summed E-state index contributed by atoms with van der Waals surface area (Å²) >= 11 is 3.80. The summed E-state index contributed by atoms with van der Waals surface area (Å²) in [4.78, 5) is 0.494. The van der Waals surface area contributed by atoms with Crippen molar-refractivity contribution in [1.82, 2.24) is 0 Å². The third-order valence-electron chi connectivity index (χ3n) is 4.89. The molecule has 1 aromatic rings. The van der Waals surface area contributed by atoms with E-state index in [0.717, 1.165) is 37.0 Å². The van der Waals surface area contributed by atoms with Crippen molar-refractivity contribution in [3.8, 4) is 0 Å². The second-order valence-electron chi connectivity index (χ2n) is 6.38. The zero-order chi connectivity index (χ0) is 15.0. The van der Waals surface area contributed by atoms with Gasteiger partial charge in [-0.2, -0.15) is 0 Å². The summed E-state index contributed by atoms with van der Waals surface area (Å²) in [6.07, 6.45) is 5.15. The van der Waals surface area contributed by atoms with Crippen LogP contribution in [0.25, 0.3) is 0 Å². The zero-order valence-corrected chi connectivity index (χ0v) is 13.8. The standard InChI is InChI=1S/C17H21BrF2O/c1-2-3-10-9-21-17(8-14(10)18)13-4-11-6-15(19)16(20)7-12(11)5-13/h6-7,10,13-14,17H,2-5,8-9H2,1H3. The monoisotopic (exact) mass is 358 g/mol. The van der Waals surface area contributed by atoms with Crippen LogP contribution >= 0.6 is 15.9 Å². The highest BCUT2D eigenvalue weighted by molar-refractivity contribution is 9.09. The smallest absolute Gasteiger partial charge is 0.159 e. The van der Waals surface area contributed by atoms with E-state index in [4.69, 9.17) is 4.74 Å². The lowest BCUT2D eigenvalue weighted by atomic mass is 9.88. The minimum absolute atomic E-state index is 0.195. The predicted molar refractivity (Wildman–Crippen MR) is 82.7 cm³/mol. The Morgan fingerprint density at radius 3 is 2.33 bits per heavy atom. The van der Waals surface area contributed by atoms with Crippen LogP contribution in [0.4, 0.5) is 8.78 Å². The van der Waals surface area contributed by atoms with Crippen LogP contribution in [0.15, 0.2) is 12.1 Å². The first-order valence-corrected chi connectivity index (χ1v) is 8.72. The van der Waals surface area contributed by atoms with E-state index in [1.165, 1.54) is 25.0 Å². The van der Waals surface area contributed by atoms with Crippen LogP contribution < -0.4 is 0 Å². The molecule has 3 unspecified atom stereocenters. The topological polar surface area (TPSA) is 9.23 Å². The van der Waals surface area contributed by atoms with Gasteiger partial charge in [-0.1, -0.05) is 29.3 Å². The summed E-state index contributed by atoms with van der Waals surface area (Å²) in [5.74, 6) is -0.533. The van der Waals surface area contributed by atoms with E-state index in [0.29, 0.717) is 16.7 Å². The summed E-state index contributed by atoms with van der Waals surface area (Å²) in [6.45, 7) is 2.99. The van der Waals surface area contributed by atoms with Crippen LogP contribution in [0.2, 0.25) is 0 Å². The van der Waals surface area contributed by atoms with Gasteiger partial charge in [0, 0.05) is 4.83 Å². The summed E-state index contributed by atoms with van der Waals surface area (Å²) < 4.78 is 32.7. The Morgan fingerprint density at radius 1 is 1.19 bits per heavy atom. The highest BCUT2D eigenvalue weighted by Crippen LogP contribution is 2.38. The molecule has 116 valence electrons. The fraction of sp³-hybridized carbons (Fsp3) is 0.647. The Balaban J connectivity index is 1.65. The van der Waals surface area contributed by atoms with E-state index in [1.807, 2.05) is 0 Å². The van der Waals surface area contributed by atoms with Gasteiger partial charge in [-0.3, -0.25) is 0 Å². The summed E-state index contributed by atoms with van der Waals surface area (Å²) in [5.41, 5.74) is 1.90. The lowest BCUT2D eigenvalue weighted by Crippen LogP contribution is -2.38. The largest absolute Gasteiger partial charge is 0.378 e. The Kier molecular flexibility index (Phi) is 4.65. The maximum atomic E-state index is 13.3. The lowest BCUT2D eigenvalue weighted by Gasteiger charge is -2.36. The van der Waals surface area contributed by atoms with Gasteiger partial charge in [0.25, 0.3) is 0 Å². The molecule has 3 rings (SSSR count). The van der Waals surface area contributed by atoms with Crippen LogP contribution in [0.3, 0.4) is 0 Å². The maximum absolute atomic E-state index is 13.3. The van der Waals surface area contributed by atoms with Gasteiger partial charge in [0.2, 0.25) is 0 Å². The number of hydrogen-bond acceptors (Lipinski definition) is 1. The van der Waals surface area contributed by atoms with E-state index < -0.39 is 11.6 Å². The molecular formula is C17H21BrF2O. The van der Waals surface area contributed by atoms with Crippen molar-refractivity contribution < 1.29 is 13.5 Å². The molecule has 0 saturated carbocycles. The lowest BCUT2D eigenvalue weighted by molar-refractivity contribution is -0.0424. The highest BCUT2D eigenvalue weighted by Gasteiger charge is 2.36. The van der Waals surface area contributed by atoms with Crippen molar-refractivity contribution in [1.29, 1.82) is 0 Å². The van der Waals surface area contributed by atoms with Crippen LogP contribution in [-0.2, 0) is 17.6 Å². The van der Waals surface area contributed by atoms with Crippen molar-refractivity contribution in [3.63, 3.8) is 0 Å². The number of rotatable bonds is 3. The van der Waals surface area contributed by atoms with Crippen LogP contribution in [0, 0.1) is 23.5 Å². The third kappa shape index (κ3) is 3.16. The van der Waals surface area contributed by atoms with E-state index in [2.05, 4.69) is 22.9 Å². The van der Waals surface area contributed by atoms with Gasteiger partial charge in [-0.15, -0.1) is 0 Å². The molecule has 0 amide bonds. The van der Waals surface area contributed by atoms with Gasteiger partial charge in [-0.05, 0) is 60.8 Å². The molecule has 21 heavy (non-hydrogen) atoms. The summed E-state index contributed by atoms with van der Waals surface area (Å²) in [5, 5.41) is 0. The van der Waals surface area contributed by atoms with E-state index >= 15 is 0 Å². The van der Waals surface area contributed by atoms with Crippen LogP contribution in [0.5, 0.6) is 0 Å². The molecular weight excluding hydrogens is 338 g/mol. The number of alkyl halides is 1. The predicted octanol–water partition coefficient (Wildman–Crippen LogP) is 4.65. The molecule has 0 bridgehead atoms. The molecule has 2 aliphatic rings. The molecule has 0 spiro atoms. The molecule has 0 radical (unpaired) electrons. The maximum Gasteiger partial charge on any atom is 0.159 e. The van der Waals surface area contributed by atoms with Crippen molar-refractivity contribution in [2.24, 2.45) is 11.8 Å². The average Bonchev–Trinajstić information content (AvgIpc) is 2.84. The second kappa shape index (κ2) is 6.33. The molecule has 1 aromatic carbocycles. The Morgan fingerprint density at radius 2 is 1.81 bits per heavy atom. The van der Waals surface area contributed by atoms with Crippen molar-refractivity contribution in [2.45, 2.75) is 50.0 Å². The zero-order valence-electron chi connectivity index (χ0n) is 12.2. The van der Waals surface area contributed by atoms with Gasteiger partial charge in [0.05, 0.1) is 12.7 Å². The summed E-state index contributed by atoms with van der Waals surface area (Å²) in [6, 6.07) is 2.72. The van der Waals surface area contributed by atoms with Crippen molar-refractivity contribution >= 4 is 15.9 Å². The van der Waals surface area contributed by atoms with Crippen LogP contribution in [0.1, 0.15) is 37.3 Å². The SMILES string of the molecule is CCCC1COC(C2Cc3cc(F)c(F)cc3C2)CC1Br. The van der Waals surface area contributed by atoms with E-state index in [9.17, 15) is 8.78 Å². The molecule has 1 aliphatic carbocycles. The minimum atomic E-state index is -0.736. The number of halogens is 3. The van der Waals surface area contributed by atoms with Gasteiger partial charge in [0.15, 0.2) is 11.6 Å². The Bertz CT molecular complexity index is 489. The normalized spacial score (nSPS) is 29.6. The second-order valence-corrected chi connectivity index (χ2v) is 7.55. The number of fused-ring (bicyclic) bond motifs is 1. The molecule has 3 atom stereocenters. The highest BCUT2D eigenvalue weighted by atomic mass is 79.9. The Labute approximate surface area is 133 Å². The average molecular weight is 359 g/mol. The first-order valence-electron chi connectivity index (χ1n) is 7.81. The molecule has 1 heterocycles. The molecule has 1 fully saturated rings. The third-order valence-corrected chi connectivity index (χ3v) is 6.01. The van der Waals surface area contributed by atoms with Crippen molar-refractivity contribution in [2.75, 3.05) is 6.61 Å². The van der Waals surface area contributed by atoms with E-state index in [-0.39, 0.29) is 6.10 Å². The first-order chi connectivity index (χ1) is 10.1. The van der Waals surface area contributed by atoms with Gasteiger partial charge < -0.3 is 4.74 Å². The van der Waals surface area contributed by atoms with Crippen molar-refractivity contribution in [3.05, 3.63) is 34.9 Å². The van der Waals surface area contributed by atoms with Gasteiger partial charge >= 0.3 is 0 Å². The molecule has 1 nitrogen and oxygen atoms in total. The quantitative estimate of drug-likeness (QED) is 0.714. The minimum Gasteiger partial charge on any atom is -0.378 e. The fourth-order valence-electron chi connectivity index (χ4n) is 3.71. The molecule has 4 heteroatoms. The Hall–Kier alpha value is -0.480. The summed E-state index contributed by atoms with van der Waals surface area (Å²) in [7, 11) is 0. The molecule has 0 N–H and O–H groups in total. The number of hydrogen-bond donors (Lipinski definition) is 0. The van der Waals surface area contributed by atoms with E-state index in [1.54, 1.807) is 0 Å². The molecule has 0 aromatic heterocycles. The molecule has 1 saturated heterocycles.